The van der Waals surface area contributed by atoms with E-state index in [-0.39, 0.29) is 153 Å². The van der Waals surface area contributed by atoms with E-state index in [0.717, 1.165) is 31.3 Å². The van der Waals surface area contributed by atoms with Gasteiger partial charge in [0.2, 0.25) is 11.8 Å². The number of rotatable bonds is 21. The molecule has 2 rings (SSSR count). The summed E-state index contributed by atoms with van der Waals surface area (Å²) in [4.78, 5) is 77.4. The second-order valence-electron chi connectivity index (χ2n) is 11.8. The van der Waals surface area contributed by atoms with Crippen LogP contribution >= 0.6 is 11.8 Å². The van der Waals surface area contributed by atoms with Gasteiger partial charge in [-0.1, -0.05) is 61.9 Å². The molecule has 0 saturated heterocycles. The van der Waals surface area contributed by atoms with E-state index in [1.54, 1.807) is 30.3 Å². The molecular weight excluding hydrogens is 784 g/mol. The standard InChI is InChI=1S/C34H44N2O12S2.4Na/c1-5-23(21-9-7-6-8-10-21)25(32(41)42)27(33(43)44)28(34(45)46)26(24(29(37)35-4)20(3)31(39)40)30(38)36-15-16-49-17-18-50(47,48)22-13-11-19(2)12-14-22;;;;/h6-14,20,23-28H,5,15-18H2,1-4H3,(H,35,37)(H,36,38)(H,39,40)(H,41,42)(H,43,44)(H,45,46);;;;/q;4*+1/p-4. The maximum atomic E-state index is 13.8. The van der Waals surface area contributed by atoms with Gasteiger partial charge < -0.3 is 50.2 Å². The van der Waals surface area contributed by atoms with Gasteiger partial charge in [-0.3, -0.25) is 9.59 Å². The first kappa shape index (κ1) is 57.9. The monoisotopic (exact) mass is 824 g/mol. The molecule has 2 aromatic rings. The van der Waals surface area contributed by atoms with Crippen molar-refractivity contribution in [3.63, 3.8) is 0 Å². The van der Waals surface area contributed by atoms with Crippen LogP contribution in [0.2, 0.25) is 0 Å². The molecule has 7 unspecified atom stereocenters. The number of carboxylic acids is 4. The molecule has 2 amide bonds. The predicted molar refractivity (Wildman–Crippen MR) is 174 cm³/mol. The van der Waals surface area contributed by atoms with Gasteiger partial charge in [-0.25, -0.2) is 8.42 Å². The number of carboxylic acid groups (broad SMARTS) is 4. The Labute approximate surface area is 408 Å². The average molecular weight is 825 g/mol. The van der Waals surface area contributed by atoms with Crippen LogP contribution in [0.3, 0.4) is 0 Å². The Morgan fingerprint density at radius 3 is 1.63 bits per heavy atom. The van der Waals surface area contributed by atoms with Crippen molar-refractivity contribution in [1.29, 1.82) is 0 Å². The minimum Gasteiger partial charge on any atom is -0.550 e. The fourth-order valence-corrected chi connectivity index (χ4v) is 8.64. The summed E-state index contributed by atoms with van der Waals surface area (Å²) in [7, 11) is -2.55. The minimum absolute atomic E-state index is 0. The van der Waals surface area contributed by atoms with E-state index in [0.29, 0.717) is 5.56 Å². The SMILES string of the molecule is CCC(c1ccccc1)C(C(=O)[O-])C(C(=O)[O-])C(C(=O)[O-])C(C(=O)NCCSCCS(=O)(=O)c1ccc(C)cc1)C(C(=O)NC)C(C)C(=O)[O-].[Na+].[Na+].[Na+].[Na+]. The largest absolute Gasteiger partial charge is 1.00 e. The molecule has 0 radical (unpaired) electrons. The van der Waals surface area contributed by atoms with Crippen molar-refractivity contribution in [2.24, 2.45) is 35.5 Å². The first-order valence-electron chi connectivity index (χ1n) is 15.7. The van der Waals surface area contributed by atoms with Crippen LogP contribution in [0.1, 0.15) is 37.3 Å². The Balaban J connectivity index is -0.00000650. The number of amides is 2. The summed E-state index contributed by atoms with van der Waals surface area (Å²) < 4.78 is 25.3. The van der Waals surface area contributed by atoms with E-state index in [2.05, 4.69) is 10.6 Å². The zero-order valence-electron chi connectivity index (χ0n) is 32.0. The third kappa shape index (κ3) is 16.4. The maximum absolute atomic E-state index is 13.8. The van der Waals surface area contributed by atoms with Crippen LogP contribution in [0, 0.1) is 42.4 Å². The number of hydrogen-bond donors (Lipinski definition) is 2. The van der Waals surface area contributed by atoms with Gasteiger partial charge in [-0.15, -0.1) is 0 Å². The fraction of sp³-hybridized carbons (Fsp3) is 0.471. The molecule has 2 aromatic carbocycles. The third-order valence-corrected chi connectivity index (χ3v) is 11.6. The van der Waals surface area contributed by atoms with Crippen LogP contribution in [0.15, 0.2) is 59.5 Å². The Bertz CT molecular complexity index is 1640. The van der Waals surface area contributed by atoms with Gasteiger partial charge >= 0.3 is 118 Å². The van der Waals surface area contributed by atoms with Gasteiger partial charge in [0.1, 0.15) is 0 Å². The van der Waals surface area contributed by atoms with Crippen molar-refractivity contribution in [2.45, 2.75) is 38.0 Å². The van der Waals surface area contributed by atoms with Crippen LogP contribution in [-0.2, 0) is 38.6 Å². The van der Waals surface area contributed by atoms with E-state index in [4.69, 9.17) is 0 Å². The van der Waals surface area contributed by atoms with Crippen molar-refractivity contribution in [3.8, 4) is 0 Å². The van der Waals surface area contributed by atoms with Crippen LogP contribution in [0.4, 0.5) is 0 Å². The molecular formula is C34H40N2Na4O12S2. The molecule has 0 saturated carbocycles. The zero-order valence-corrected chi connectivity index (χ0v) is 41.6. The Morgan fingerprint density at radius 2 is 1.19 bits per heavy atom. The van der Waals surface area contributed by atoms with Crippen molar-refractivity contribution >= 4 is 57.3 Å². The quantitative estimate of drug-likeness (QED) is 0.0878. The topological polar surface area (TPSA) is 253 Å². The van der Waals surface area contributed by atoms with E-state index in [1.165, 1.54) is 31.2 Å². The number of aliphatic carboxylic acids is 4. The normalized spacial score (nSPS) is 14.5. The van der Waals surface area contributed by atoms with Crippen molar-refractivity contribution in [3.05, 3.63) is 65.7 Å². The molecule has 0 bridgehead atoms. The van der Waals surface area contributed by atoms with Crippen molar-refractivity contribution < 1.29 is 176 Å². The molecule has 20 heteroatoms. The Morgan fingerprint density at radius 1 is 0.685 bits per heavy atom. The number of aryl methyl sites for hydroxylation is 1. The first-order chi connectivity index (χ1) is 23.5. The molecule has 0 aliphatic carbocycles. The van der Waals surface area contributed by atoms with Gasteiger partial charge in [0.15, 0.2) is 9.84 Å². The second-order valence-corrected chi connectivity index (χ2v) is 15.1. The molecule has 7 atom stereocenters. The Kier molecular flexibility index (Phi) is 30.1. The summed E-state index contributed by atoms with van der Waals surface area (Å²) in [5.41, 5.74) is 1.18. The molecule has 0 fully saturated rings. The van der Waals surface area contributed by atoms with Gasteiger partial charge in [-0.2, -0.15) is 11.8 Å². The molecule has 2 N–H and O–H groups in total. The number of benzene rings is 2. The number of hydrogen-bond acceptors (Lipinski definition) is 13. The van der Waals surface area contributed by atoms with E-state index in [1.807, 2.05) is 6.92 Å². The summed E-state index contributed by atoms with van der Waals surface area (Å²) in [6.07, 6.45) is -0.0335. The molecule has 0 spiro atoms. The van der Waals surface area contributed by atoms with Gasteiger partial charge in [0.05, 0.1) is 22.5 Å². The Hall–Kier alpha value is -0.440. The first-order valence-corrected chi connectivity index (χ1v) is 18.6. The summed E-state index contributed by atoms with van der Waals surface area (Å²) in [5.74, 6) is -25.6. The smallest absolute Gasteiger partial charge is 0.550 e. The predicted octanol–water partition coefficient (Wildman–Crippen LogP) is -14.7. The fourth-order valence-electron chi connectivity index (χ4n) is 6.05. The average Bonchev–Trinajstić information content (AvgIpc) is 3.06. The maximum Gasteiger partial charge on any atom is 1.00 e. The van der Waals surface area contributed by atoms with Gasteiger partial charge in [0, 0.05) is 72.6 Å². The van der Waals surface area contributed by atoms with E-state index >= 15 is 0 Å². The third-order valence-electron chi connectivity index (χ3n) is 8.65. The molecule has 0 heterocycles. The summed E-state index contributed by atoms with van der Waals surface area (Å²) in [5, 5.41) is 54.8. The molecule has 0 aliphatic heterocycles. The summed E-state index contributed by atoms with van der Waals surface area (Å²) in [6.45, 7) is 4.03. The van der Waals surface area contributed by atoms with Crippen LogP contribution < -0.4 is 149 Å². The van der Waals surface area contributed by atoms with Crippen molar-refractivity contribution in [2.75, 3.05) is 30.9 Å². The second kappa shape index (κ2) is 28.1. The molecule has 274 valence electrons. The molecule has 0 aromatic heterocycles. The van der Waals surface area contributed by atoms with E-state index in [9.17, 15) is 57.6 Å². The number of sulfone groups is 1. The zero-order chi connectivity index (χ0) is 37.8. The van der Waals surface area contributed by atoms with Crippen molar-refractivity contribution in [1.82, 2.24) is 10.6 Å². The number of thioether (sulfide) groups is 1. The summed E-state index contributed by atoms with van der Waals surface area (Å²) >= 11 is 1.11. The molecule has 0 aliphatic rings. The van der Waals surface area contributed by atoms with Gasteiger partial charge in [-0.05, 0) is 37.0 Å². The number of carbonyl (C=O) groups is 6. The van der Waals surface area contributed by atoms with Crippen LogP contribution in [0.25, 0.3) is 0 Å². The molecule has 54 heavy (non-hydrogen) atoms. The van der Waals surface area contributed by atoms with Gasteiger partial charge in [0.25, 0.3) is 0 Å². The molecule has 14 nitrogen and oxygen atoms in total. The van der Waals surface area contributed by atoms with E-state index < -0.39 is 87.0 Å². The summed E-state index contributed by atoms with van der Waals surface area (Å²) in [6, 6.07) is 14.0. The minimum atomic E-state index is -3.62. The van der Waals surface area contributed by atoms with Crippen LogP contribution in [0.5, 0.6) is 0 Å². The number of nitrogens with one attached hydrogen (secondary N) is 2. The van der Waals surface area contributed by atoms with Crippen LogP contribution in [-0.4, -0.2) is 75.0 Å². The number of carbonyl (C=O) groups excluding carboxylic acids is 6.